The van der Waals surface area contributed by atoms with Gasteiger partial charge in [0.2, 0.25) is 0 Å². The SMILES string of the molecule is O=C1NC2(CCCCC2)n2c1c(Cl)cc(Nc1cncs1)c2=O. The molecule has 0 unspecified atom stereocenters. The van der Waals surface area contributed by atoms with Crippen LogP contribution < -0.4 is 16.2 Å². The third kappa shape index (κ3) is 2.26. The second-order valence-electron chi connectivity index (χ2n) is 5.93. The molecule has 1 aliphatic heterocycles. The van der Waals surface area contributed by atoms with Crippen LogP contribution in [-0.4, -0.2) is 15.5 Å². The normalized spacial score (nSPS) is 18.7. The minimum absolute atomic E-state index is 0.224. The summed E-state index contributed by atoms with van der Waals surface area (Å²) in [6.45, 7) is 0. The van der Waals surface area contributed by atoms with Gasteiger partial charge in [-0.1, -0.05) is 18.0 Å². The highest BCUT2D eigenvalue weighted by Gasteiger charge is 2.45. The quantitative estimate of drug-likeness (QED) is 0.872. The molecule has 0 atom stereocenters. The van der Waals surface area contributed by atoms with Crippen molar-refractivity contribution in [1.82, 2.24) is 14.9 Å². The molecule has 1 spiro atoms. The van der Waals surface area contributed by atoms with Gasteiger partial charge < -0.3 is 10.6 Å². The molecule has 2 aliphatic rings. The average molecular weight is 351 g/mol. The zero-order valence-corrected chi connectivity index (χ0v) is 13.8. The van der Waals surface area contributed by atoms with Crippen LogP contribution in [-0.2, 0) is 5.66 Å². The number of halogens is 1. The Kier molecular flexibility index (Phi) is 3.42. The van der Waals surface area contributed by atoms with E-state index in [1.165, 1.54) is 17.4 Å². The number of aromatic nitrogens is 2. The Hall–Kier alpha value is -1.86. The molecule has 2 aromatic rings. The second kappa shape index (κ2) is 5.35. The molecule has 8 heteroatoms. The minimum Gasteiger partial charge on any atom is -0.341 e. The van der Waals surface area contributed by atoms with Crippen LogP contribution in [0.1, 0.15) is 42.6 Å². The molecule has 0 bridgehead atoms. The van der Waals surface area contributed by atoms with E-state index in [-0.39, 0.29) is 22.2 Å². The molecule has 3 heterocycles. The van der Waals surface area contributed by atoms with E-state index >= 15 is 0 Å². The van der Waals surface area contributed by atoms with Crippen LogP contribution >= 0.6 is 22.9 Å². The molecule has 0 saturated heterocycles. The van der Waals surface area contributed by atoms with Crippen molar-refractivity contribution >= 4 is 39.5 Å². The standard InChI is InChI=1S/C15H15ClN4O2S/c16-9-6-10(18-11-7-17-8-23-11)14(22)20-12(9)13(21)19-15(20)4-2-1-3-5-15/h6-8,18H,1-5H2,(H,19,21). The van der Waals surface area contributed by atoms with Crippen molar-refractivity contribution < 1.29 is 4.79 Å². The van der Waals surface area contributed by atoms with Gasteiger partial charge in [-0.05, 0) is 31.7 Å². The first kappa shape index (κ1) is 14.7. The predicted molar refractivity (Wildman–Crippen MR) is 89.6 cm³/mol. The van der Waals surface area contributed by atoms with Gasteiger partial charge in [-0.25, -0.2) is 0 Å². The maximum Gasteiger partial charge on any atom is 0.276 e. The third-order valence-electron chi connectivity index (χ3n) is 4.51. The number of amides is 1. The first-order chi connectivity index (χ1) is 11.1. The lowest BCUT2D eigenvalue weighted by molar-refractivity contribution is 0.0877. The highest BCUT2D eigenvalue weighted by Crippen LogP contribution is 2.38. The summed E-state index contributed by atoms with van der Waals surface area (Å²) >= 11 is 7.71. The number of hydrogen-bond acceptors (Lipinski definition) is 5. The van der Waals surface area contributed by atoms with E-state index in [4.69, 9.17) is 11.6 Å². The summed E-state index contributed by atoms with van der Waals surface area (Å²) in [4.78, 5) is 29.3. The smallest absolute Gasteiger partial charge is 0.276 e. The van der Waals surface area contributed by atoms with Crippen molar-refractivity contribution in [2.75, 3.05) is 5.32 Å². The molecule has 23 heavy (non-hydrogen) atoms. The molecule has 1 saturated carbocycles. The Balaban J connectivity index is 1.87. The zero-order chi connectivity index (χ0) is 16.0. The van der Waals surface area contributed by atoms with Crippen molar-refractivity contribution in [3.63, 3.8) is 0 Å². The maximum atomic E-state index is 13.0. The van der Waals surface area contributed by atoms with Crippen LogP contribution in [0.15, 0.2) is 22.6 Å². The number of nitrogens with zero attached hydrogens (tertiary/aromatic N) is 2. The fourth-order valence-electron chi connectivity index (χ4n) is 3.52. The minimum atomic E-state index is -0.628. The molecule has 120 valence electrons. The number of anilines is 2. The van der Waals surface area contributed by atoms with Gasteiger partial charge in [0, 0.05) is 0 Å². The monoisotopic (exact) mass is 350 g/mol. The molecule has 2 aromatic heterocycles. The number of fused-ring (bicyclic) bond motifs is 2. The highest BCUT2D eigenvalue weighted by atomic mass is 35.5. The Morgan fingerprint density at radius 1 is 1.30 bits per heavy atom. The van der Waals surface area contributed by atoms with Crippen molar-refractivity contribution in [3.05, 3.63) is 38.8 Å². The van der Waals surface area contributed by atoms with Crippen molar-refractivity contribution in [2.45, 2.75) is 37.8 Å². The molecule has 1 fully saturated rings. The Bertz CT molecular complexity index is 825. The molecule has 0 radical (unpaired) electrons. The molecule has 4 rings (SSSR count). The number of nitrogens with one attached hydrogen (secondary N) is 2. The summed E-state index contributed by atoms with van der Waals surface area (Å²) < 4.78 is 1.57. The zero-order valence-electron chi connectivity index (χ0n) is 12.3. The number of carbonyl (C=O) groups is 1. The number of hydrogen-bond donors (Lipinski definition) is 2. The van der Waals surface area contributed by atoms with Crippen LogP contribution in [0.5, 0.6) is 0 Å². The van der Waals surface area contributed by atoms with Gasteiger partial charge in [-0.2, -0.15) is 0 Å². The molecule has 1 aliphatic carbocycles. The molecular formula is C15H15ClN4O2S. The van der Waals surface area contributed by atoms with Crippen LogP contribution in [0.25, 0.3) is 0 Å². The van der Waals surface area contributed by atoms with E-state index in [0.29, 0.717) is 5.69 Å². The van der Waals surface area contributed by atoms with Crippen LogP contribution in [0, 0.1) is 0 Å². The van der Waals surface area contributed by atoms with E-state index in [9.17, 15) is 9.59 Å². The first-order valence-electron chi connectivity index (χ1n) is 7.55. The van der Waals surface area contributed by atoms with Gasteiger partial charge in [-0.15, -0.1) is 11.3 Å². The summed E-state index contributed by atoms with van der Waals surface area (Å²) in [7, 11) is 0. The third-order valence-corrected chi connectivity index (χ3v) is 5.49. The lowest BCUT2D eigenvalue weighted by Gasteiger charge is -2.35. The largest absolute Gasteiger partial charge is 0.341 e. The van der Waals surface area contributed by atoms with Gasteiger partial charge in [-0.3, -0.25) is 19.1 Å². The maximum absolute atomic E-state index is 13.0. The average Bonchev–Trinajstić information content (AvgIpc) is 3.12. The fourth-order valence-corrected chi connectivity index (χ4v) is 4.32. The van der Waals surface area contributed by atoms with Crippen molar-refractivity contribution in [2.24, 2.45) is 0 Å². The van der Waals surface area contributed by atoms with Gasteiger partial charge in [0.05, 0.1) is 16.7 Å². The Morgan fingerprint density at radius 2 is 2.09 bits per heavy atom. The van der Waals surface area contributed by atoms with E-state index in [0.717, 1.165) is 37.1 Å². The number of carbonyl (C=O) groups excluding carboxylic acids is 1. The fraction of sp³-hybridized carbons (Fsp3) is 0.400. The van der Waals surface area contributed by atoms with Crippen molar-refractivity contribution in [3.8, 4) is 0 Å². The molecule has 0 aromatic carbocycles. The lowest BCUT2D eigenvalue weighted by atomic mass is 9.89. The van der Waals surface area contributed by atoms with Crippen LogP contribution in [0.2, 0.25) is 5.02 Å². The van der Waals surface area contributed by atoms with Crippen LogP contribution in [0.3, 0.4) is 0 Å². The lowest BCUT2D eigenvalue weighted by Crippen LogP contribution is -2.48. The van der Waals surface area contributed by atoms with Crippen molar-refractivity contribution in [1.29, 1.82) is 0 Å². The van der Waals surface area contributed by atoms with E-state index < -0.39 is 5.66 Å². The Labute approximate surface area is 141 Å². The summed E-state index contributed by atoms with van der Waals surface area (Å²) in [5.74, 6) is -0.265. The van der Waals surface area contributed by atoms with E-state index in [1.807, 2.05) is 0 Å². The Morgan fingerprint density at radius 3 is 2.78 bits per heavy atom. The molecule has 6 nitrogen and oxygen atoms in total. The molecule has 2 N–H and O–H groups in total. The summed E-state index contributed by atoms with van der Waals surface area (Å²) in [5.41, 5.74) is 1.47. The predicted octanol–water partition coefficient (Wildman–Crippen LogP) is 3.06. The highest BCUT2D eigenvalue weighted by molar-refractivity contribution is 7.13. The van der Waals surface area contributed by atoms with Gasteiger partial charge in [0.25, 0.3) is 11.5 Å². The van der Waals surface area contributed by atoms with Gasteiger partial charge >= 0.3 is 0 Å². The number of thiazole rings is 1. The van der Waals surface area contributed by atoms with Gasteiger partial charge in [0.15, 0.2) is 0 Å². The topological polar surface area (TPSA) is 76.0 Å². The first-order valence-corrected chi connectivity index (χ1v) is 8.81. The number of pyridine rings is 1. The van der Waals surface area contributed by atoms with E-state index in [2.05, 4.69) is 15.6 Å². The van der Waals surface area contributed by atoms with Crippen LogP contribution in [0.4, 0.5) is 10.7 Å². The molecule has 1 amide bonds. The van der Waals surface area contributed by atoms with Gasteiger partial charge in [0.1, 0.15) is 22.0 Å². The number of rotatable bonds is 2. The summed E-state index contributed by atoms with van der Waals surface area (Å²) in [5, 5.41) is 7.11. The summed E-state index contributed by atoms with van der Waals surface area (Å²) in [6.07, 6.45) is 6.24. The second-order valence-corrected chi connectivity index (χ2v) is 7.23. The summed E-state index contributed by atoms with van der Waals surface area (Å²) in [6, 6.07) is 1.52. The van der Waals surface area contributed by atoms with E-state index in [1.54, 1.807) is 16.3 Å². The molecular weight excluding hydrogens is 336 g/mol.